The summed E-state index contributed by atoms with van der Waals surface area (Å²) in [6.07, 6.45) is 1.71. The molecule has 1 aromatic carbocycles. The minimum absolute atomic E-state index is 0.177. The van der Waals surface area contributed by atoms with Crippen molar-refractivity contribution in [2.75, 3.05) is 0 Å². The van der Waals surface area contributed by atoms with E-state index >= 15 is 0 Å². The van der Waals surface area contributed by atoms with Crippen LogP contribution in [0.15, 0.2) is 18.2 Å². The highest BCUT2D eigenvalue weighted by molar-refractivity contribution is 6.31. The van der Waals surface area contributed by atoms with Crippen molar-refractivity contribution in [2.24, 2.45) is 5.73 Å². The molecule has 68 valence electrons. The lowest BCUT2D eigenvalue weighted by atomic mass is 10.0. The fraction of sp³-hybridized carbons (Fsp3) is 0.300. The van der Waals surface area contributed by atoms with E-state index in [0.717, 1.165) is 24.0 Å². The summed E-state index contributed by atoms with van der Waals surface area (Å²) in [5, 5.41) is 0.666. The lowest BCUT2D eigenvalue weighted by Gasteiger charge is -2.08. The standard InChI is InChI=1S/C10H10ClNO/c11-8-3-1-2-6-4-5-7(9(6)8)10(12)13/h1-3,7H,4-5H2,(H2,12,13). The van der Waals surface area contributed by atoms with Crippen LogP contribution in [0, 0.1) is 0 Å². The highest BCUT2D eigenvalue weighted by Gasteiger charge is 2.28. The fourth-order valence-electron chi connectivity index (χ4n) is 1.92. The van der Waals surface area contributed by atoms with Crippen molar-refractivity contribution < 1.29 is 4.79 Å². The number of rotatable bonds is 1. The summed E-state index contributed by atoms with van der Waals surface area (Å²) >= 11 is 6.00. The maximum Gasteiger partial charge on any atom is 0.225 e. The summed E-state index contributed by atoms with van der Waals surface area (Å²) in [6, 6.07) is 5.72. The molecule has 13 heavy (non-hydrogen) atoms. The smallest absolute Gasteiger partial charge is 0.225 e. The third-order valence-electron chi connectivity index (χ3n) is 2.54. The molecule has 1 aliphatic carbocycles. The SMILES string of the molecule is NC(=O)C1CCc2cccc(Cl)c21. The number of carbonyl (C=O) groups excluding carboxylic acids is 1. The zero-order valence-electron chi connectivity index (χ0n) is 7.09. The lowest BCUT2D eigenvalue weighted by Crippen LogP contribution is -2.19. The topological polar surface area (TPSA) is 43.1 Å². The molecule has 1 aliphatic rings. The second-order valence-electron chi connectivity index (χ2n) is 3.31. The van der Waals surface area contributed by atoms with E-state index in [2.05, 4.69) is 0 Å². The normalized spacial score (nSPS) is 19.9. The fourth-order valence-corrected chi connectivity index (χ4v) is 2.24. The second kappa shape index (κ2) is 3.04. The van der Waals surface area contributed by atoms with E-state index < -0.39 is 0 Å². The number of amides is 1. The molecule has 0 saturated carbocycles. The van der Waals surface area contributed by atoms with Crippen molar-refractivity contribution in [1.82, 2.24) is 0 Å². The molecule has 0 saturated heterocycles. The minimum Gasteiger partial charge on any atom is -0.369 e. The Morgan fingerprint density at radius 3 is 3.00 bits per heavy atom. The van der Waals surface area contributed by atoms with Crippen LogP contribution in [0.1, 0.15) is 23.5 Å². The zero-order valence-corrected chi connectivity index (χ0v) is 7.84. The summed E-state index contributed by atoms with van der Waals surface area (Å²) < 4.78 is 0. The van der Waals surface area contributed by atoms with Gasteiger partial charge in [0.2, 0.25) is 5.91 Å². The molecular weight excluding hydrogens is 186 g/mol. The van der Waals surface area contributed by atoms with Gasteiger partial charge >= 0.3 is 0 Å². The molecule has 1 aromatic rings. The van der Waals surface area contributed by atoms with Crippen LogP contribution in [0.25, 0.3) is 0 Å². The Labute approximate surface area is 81.7 Å². The van der Waals surface area contributed by atoms with Crippen molar-refractivity contribution in [2.45, 2.75) is 18.8 Å². The van der Waals surface area contributed by atoms with E-state index in [0.29, 0.717) is 5.02 Å². The number of hydrogen-bond acceptors (Lipinski definition) is 1. The maximum absolute atomic E-state index is 11.1. The van der Waals surface area contributed by atoms with Gasteiger partial charge in [-0.3, -0.25) is 4.79 Å². The predicted octanol–water partition coefficient (Wildman–Crippen LogP) is 1.86. The molecule has 0 bridgehead atoms. The van der Waals surface area contributed by atoms with Crippen LogP contribution in [0.4, 0.5) is 0 Å². The van der Waals surface area contributed by atoms with Crippen LogP contribution < -0.4 is 5.73 Å². The van der Waals surface area contributed by atoms with Crippen LogP contribution in [-0.2, 0) is 11.2 Å². The van der Waals surface area contributed by atoms with Crippen LogP contribution in [0.3, 0.4) is 0 Å². The summed E-state index contributed by atoms with van der Waals surface area (Å²) in [5.41, 5.74) is 7.39. The molecule has 2 N–H and O–H groups in total. The van der Waals surface area contributed by atoms with Gasteiger partial charge in [-0.05, 0) is 30.0 Å². The molecule has 0 spiro atoms. The van der Waals surface area contributed by atoms with Gasteiger partial charge in [-0.15, -0.1) is 0 Å². The molecule has 2 rings (SSSR count). The van der Waals surface area contributed by atoms with Crippen LogP contribution in [0.5, 0.6) is 0 Å². The largest absolute Gasteiger partial charge is 0.369 e. The van der Waals surface area contributed by atoms with Crippen molar-refractivity contribution in [3.05, 3.63) is 34.3 Å². The maximum atomic E-state index is 11.1. The Bertz CT molecular complexity index is 362. The van der Waals surface area contributed by atoms with Gasteiger partial charge in [-0.1, -0.05) is 23.7 Å². The van der Waals surface area contributed by atoms with Crippen molar-refractivity contribution in [3.8, 4) is 0 Å². The second-order valence-corrected chi connectivity index (χ2v) is 3.71. The minimum atomic E-state index is -0.271. The number of halogens is 1. The molecule has 0 fully saturated rings. The summed E-state index contributed by atoms with van der Waals surface area (Å²) in [7, 11) is 0. The van der Waals surface area contributed by atoms with E-state index in [-0.39, 0.29) is 11.8 Å². The third kappa shape index (κ3) is 1.31. The number of nitrogens with two attached hydrogens (primary N) is 1. The first-order valence-electron chi connectivity index (χ1n) is 4.26. The molecule has 2 nitrogen and oxygen atoms in total. The Morgan fingerprint density at radius 1 is 1.54 bits per heavy atom. The first-order chi connectivity index (χ1) is 6.20. The van der Waals surface area contributed by atoms with Crippen LogP contribution in [-0.4, -0.2) is 5.91 Å². The Hall–Kier alpha value is -1.02. The van der Waals surface area contributed by atoms with Crippen molar-refractivity contribution in [1.29, 1.82) is 0 Å². The van der Waals surface area contributed by atoms with Gasteiger partial charge in [0.1, 0.15) is 0 Å². The van der Waals surface area contributed by atoms with Crippen LogP contribution >= 0.6 is 11.6 Å². The van der Waals surface area contributed by atoms with Gasteiger partial charge < -0.3 is 5.73 Å². The molecule has 0 aromatic heterocycles. The summed E-state index contributed by atoms with van der Waals surface area (Å²) in [4.78, 5) is 11.1. The van der Waals surface area contributed by atoms with E-state index in [9.17, 15) is 4.79 Å². The molecule has 0 radical (unpaired) electrons. The van der Waals surface area contributed by atoms with E-state index in [4.69, 9.17) is 17.3 Å². The lowest BCUT2D eigenvalue weighted by molar-refractivity contribution is -0.119. The highest BCUT2D eigenvalue weighted by atomic mass is 35.5. The molecule has 3 heteroatoms. The number of aryl methyl sites for hydroxylation is 1. The zero-order chi connectivity index (χ0) is 9.42. The number of fused-ring (bicyclic) bond motifs is 1. The summed E-state index contributed by atoms with van der Waals surface area (Å²) in [6.45, 7) is 0. The Balaban J connectivity index is 2.52. The molecular formula is C10H10ClNO. The van der Waals surface area contributed by atoms with Gasteiger partial charge in [-0.2, -0.15) is 0 Å². The number of primary amides is 1. The quantitative estimate of drug-likeness (QED) is 0.730. The number of hydrogen-bond donors (Lipinski definition) is 1. The van der Waals surface area contributed by atoms with Crippen LogP contribution in [0.2, 0.25) is 5.02 Å². The molecule has 1 atom stereocenters. The van der Waals surface area contributed by atoms with Crippen molar-refractivity contribution >= 4 is 17.5 Å². The van der Waals surface area contributed by atoms with Gasteiger partial charge in [0, 0.05) is 5.02 Å². The molecule has 1 unspecified atom stereocenters. The highest BCUT2D eigenvalue weighted by Crippen LogP contribution is 2.37. The van der Waals surface area contributed by atoms with Gasteiger partial charge in [0.25, 0.3) is 0 Å². The van der Waals surface area contributed by atoms with Crippen molar-refractivity contribution in [3.63, 3.8) is 0 Å². The Kier molecular flexibility index (Phi) is 2.00. The van der Waals surface area contributed by atoms with E-state index in [1.54, 1.807) is 0 Å². The first-order valence-corrected chi connectivity index (χ1v) is 4.64. The van der Waals surface area contributed by atoms with Gasteiger partial charge in [0.05, 0.1) is 5.92 Å². The van der Waals surface area contributed by atoms with Gasteiger partial charge in [0.15, 0.2) is 0 Å². The number of carbonyl (C=O) groups is 1. The van der Waals surface area contributed by atoms with E-state index in [1.165, 1.54) is 0 Å². The average molecular weight is 196 g/mol. The average Bonchev–Trinajstić information content (AvgIpc) is 2.49. The molecule has 0 heterocycles. The summed E-state index contributed by atoms with van der Waals surface area (Å²) in [5.74, 6) is -0.449. The predicted molar refractivity (Wildman–Crippen MR) is 51.7 cm³/mol. The third-order valence-corrected chi connectivity index (χ3v) is 2.87. The number of benzene rings is 1. The van der Waals surface area contributed by atoms with Gasteiger partial charge in [-0.25, -0.2) is 0 Å². The Morgan fingerprint density at radius 2 is 2.31 bits per heavy atom. The van der Waals surface area contributed by atoms with E-state index in [1.807, 2.05) is 18.2 Å². The monoisotopic (exact) mass is 195 g/mol. The molecule has 1 amide bonds. The molecule has 0 aliphatic heterocycles. The first kappa shape index (κ1) is 8.57.